The third-order valence-electron chi connectivity index (χ3n) is 2.38. The van der Waals surface area contributed by atoms with Crippen molar-refractivity contribution in [1.29, 1.82) is 0 Å². The number of hydrogen-bond donors (Lipinski definition) is 1. The van der Waals surface area contributed by atoms with Crippen LogP contribution in [0.5, 0.6) is 0 Å². The highest BCUT2D eigenvalue weighted by Gasteiger charge is 2.17. The van der Waals surface area contributed by atoms with Crippen molar-refractivity contribution in [3.05, 3.63) is 11.4 Å². The molecule has 0 bridgehead atoms. The molecular weight excluding hydrogens is 254 g/mol. The SMILES string of the molecule is COCCOC(=O)c1nnn(CCOCCO)c1C. The zero-order valence-corrected chi connectivity index (χ0v) is 11.2. The highest BCUT2D eigenvalue weighted by molar-refractivity contribution is 5.88. The zero-order chi connectivity index (χ0) is 14.1. The van der Waals surface area contributed by atoms with Crippen LogP contribution in [0.2, 0.25) is 0 Å². The second kappa shape index (κ2) is 8.57. The summed E-state index contributed by atoms with van der Waals surface area (Å²) in [7, 11) is 1.53. The molecule has 0 unspecified atom stereocenters. The summed E-state index contributed by atoms with van der Waals surface area (Å²) < 4.78 is 16.4. The molecule has 1 heterocycles. The Bertz CT molecular complexity index is 394. The van der Waals surface area contributed by atoms with E-state index in [0.717, 1.165) is 0 Å². The number of aromatic nitrogens is 3. The lowest BCUT2D eigenvalue weighted by molar-refractivity contribution is 0.0380. The lowest BCUT2D eigenvalue weighted by Crippen LogP contribution is -2.13. The Morgan fingerprint density at radius 1 is 1.32 bits per heavy atom. The maximum Gasteiger partial charge on any atom is 0.360 e. The van der Waals surface area contributed by atoms with Crippen molar-refractivity contribution in [2.24, 2.45) is 0 Å². The first-order valence-corrected chi connectivity index (χ1v) is 5.95. The van der Waals surface area contributed by atoms with Gasteiger partial charge in [-0.2, -0.15) is 0 Å². The van der Waals surface area contributed by atoms with E-state index >= 15 is 0 Å². The number of ether oxygens (including phenoxy) is 3. The molecule has 19 heavy (non-hydrogen) atoms. The number of carbonyl (C=O) groups is 1. The standard InChI is InChI=1S/C11H19N3O5/c1-9-10(11(16)19-8-7-17-2)12-13-14(9)3-5-18-6-4-15/h15H,3-8H2,1-2H3. The minimum Gasteiger partial charge on any atom is -0.458 e. The monoisotopic (exact) mass is 273 g/mol. The van der Waals surface area contributed by atoms with Crippen LogP contribution in [0.1, 0.15) is 16.2 Å². The molecule has 0 radical (unpaired) electrons. The van der Waals surface area contributed by atoms with Crippen molar-refractivity contribution in [3.63, 3.8) is 0 Å². The van der Waals surface area contributed by atoms with Crippen molar-refractivity contribution in [2.45, 2.75) is 13.5 Å². The van der Waals surface area contributed by atoms with E-state index in [-0.39, 0.29) is 25.5 Å². The van der Waals surface area contributed by atoms with Gasteiger partial charge in [0, 0.05) is 7.11 Å². The molecule has 0 atom stereocenters. The smallest absolute Gasteiger partial charge is 0.360 e. The predicted molar refractivity (Wildman–Crippen MR) is 64.8 cm³/mol. The number of hydrogen-bond acceptors (Lipinski definition) is 7. The molecule has 0 spiro atoms. The van der Waals surface area contributed by atoms with Crippen LogP contribution in [0.15, 0.2) is 0 Å². The van der Waals surface area contributed by atoms with Crippen molar-refractivity contribution < 1.29 is 24.1 Å². The Kier molecular flexibility index (Phi) is 7.01. The summed E-state index contributed by atoms with van der Waals surface area (Å²) >= 11 is 0. The van der Waals surface area contributed by atoms with Crippen LogP contribution in [0, 0.1) is 6.92 Å². The van der Waals surface area contributed by atoms with Crippen LogP contribution < -0.4 is 0 Å². The molecule has 0 aromatic carbocycles. The van der Waals surface area contributed by atoms with E-state index in [1.807, 2.05) is 0 Å². The highest BCUT2D eigenvalue weighted by atomic mass is 16.6. The first-order valence-electron chi connectivity index (χ1n) is 5.95. The van der Waals surface area contributed by atoms with Gasteiger partial charge in [0.2, 0.25) is 0 Å². The Morgan fingerprint density at radius 3 is 2.79 bits per heavy atom. The molecular formula is C11H19N3O5. The first kappa shape index (κ1) is 15.5. The van der Waals surface area contributed by atoms with Crippen LogP contribution in [0.3, 0.4) is 0 Å². The summed E-state index contributed by atoms with van der Waals surface area (Å²) in [5, 5.41) is 16.2. The van der Waals surface area contributed by atoms with E-state index in [1.165, 1.54) is 7.11 Å². The van der Waals surface area contributed by atoms with Gasteiger partial charge in [0.25, 0.3) is 0 Å². The molecule has 1 rings (SSSR count). The summed E-state index contributed by atoms with van der Waals surface area (Å²) in [6.45, 7) is 3.37. The Balaban J connectivity index is 2.47. The molecule has 1 N–H and O–H groups in total. The average molecular weight is 273 g/mol. The van der Waals surface area contributed by atoms with E-state index in [1.54, 1.807) is 11.6 Å². The van der Waals surface area contributed by atoms with Crippen LogP contribution in [-0.2, 0) is 20.8 Å². The van der Waals surface area contributed by atoms with Gasteiger partial charge in [0.1, 0.15) is 6.61 Å². The zero-order valence-electron chi connectivity index (χ0n) is 11.2. The molecule has 8 nitrogen and oxygen atoms in total. The average Bonchev–Trinajstić information content (AvgIpc) is 2.76. The highest BCUT2D eigenvalue weighted by Crippen LogP contribution is 2.05. The number of nitrogens with zero attached hydrogens (tertiary/aromatic N) is 3. The Morgan fingerprint density at radius 2 is 2.11 bits per heavy atom. The topological polar surface area (TPSA) is 95.7 Å². The summed E-state index contributed by atoms with van der Waals surface area (Å²) in [5.74, 6) is -0.517. The summed E-state index contributed by atoms with van der Waals surface area (Å²) in [4.78, 5) is 11.7. The van der Waals surface area contributed by atoms with Crippen LogP contribution in [0.25, 0.3) is 0 Å². The molecule has 0 amide bonds. The van der Waals surface area contributed by atoms with E-state index in [0.29, 0.717) is 25.5 Å². The fraction of sp³-hybridized carbons (Fsp3) is 0.727. The van der Waals surface area contributed by atoms with Crippen molar-refractivity contribution in [3.8, 4) is 0 Å². The van der Waals surface area contributed by atoms with Crippen LogP contribution in [0.4, 0.5) is 0 Å². The third kappa shape index (κ3) is 4.93. The molecule has 1 aromatic heterocycles. The summed E-state index contributed by atoms with van der Waals surface area (Å²) in [5.41, 5.74) is 0.813. The number of carbonyl (C=O) groups excluding carboxylic acids is 1. The molecule has 0 aliphatic carbocycles. The minimum atomic E-state index is -0.517. The van der Waals surface area contributed by atoms with Crippen molar-refractivity contribution >= 4 is 5.97 Å². The van der Waals surface area contributed by atoms with Gasteiger partial charge in [-0.05, 0) is 6.92 Å². The van der Waals surface area contributed by atoms with Gasteiger partial charge in [0.05, 0.1) is 38.7 Å². The fourth-order valence-corrected chi connectivity index (χ4v) is 1.37. The quantitative estimate of drug-likeness (QED) is 0.474. The van der Waals surface area contributed by atoms with Gasteiger partial charge >= 0.3 is 5.97 Å². The number of esters is 1. The van der Waals surface area contributed by atoms with Crippen LogP contribution in [-0.4, -0.2) is 66.2 Å². The van der Waals surface area contributed by atoms with E-state index < -0.39 is 5.97 Å². The van der Waals surface area contributed by atoms with Crippen molar-refractivity contribution in [1.82, 2.24) is 15.0 Å². The van der Waals surface area contributed by atoms with Gasteiger partial charge in [-0.1, -0.05) is 5.21 Å². The molecule has 8 heteroatoms. The molecule has 0 aliphatic heterocycles. The largest absolute Gasteiger partial charge is 0.458 e. The Hall–Kier alpha value is -1.51. The normalized spacial score (nSPS) is 10.7. The van der Waals surface area contributed by atoms with Gasteiger partial charge in [-0.25, -0.2) is 9.48 Å². The first-order chi connectivity index (χ1) is 9.20. The van der Waals surface area contributed by atoms with Crippen molar-refractivity contribution in [2.75, 3.05) is 40.1 Å². The van der Waals surface area contributed by atoms with E-state index in [4.69, 9.17) is 19.3 Å². The van der Waals surface area contributed by atoms with E-state index in [9.17, 15) is 4.79 Å². The number of methoxy groups -OCH3 is 1. The molecule has 0 fully saturated rings. The maximum absolute atomic E-state index is 11.7. The summed E-state index contributed by atoms with van der Waals surface area (Å²) in [6.07, 6.45) is 0. The lowest BCUT2D eigenvalue weighted by atomic mass is 10.3. The molecule has 0 saturated heterocycles. The van der Waals surface area contributed by atoms with Gasteiger partial charge in [-0.3, -0.25) is 0 Å². The fourth-order valence-electron chi connectivity index (χ4n) is 1.37. The predicted octanol–water partition coefficient (Wildman–Crippen LogP) is -0.601. The van der Waals surface area contributed by atoms with Gasteiger partial charge < -0.3 is 19.3 Å². The second-order valence-corrected chi connectivity index (χ2v) is 3.71. The number of rotatable bonds is 9. The minimum absolute atomic E-state index is 0.0204. The number of aliphatic hydroxyl groups is 1. The van der Waals surface area contributed by atoms with Gasteiger partial charge in [-0.15, -0.1) is 5.10 Å². The third-order valence-corrected chi connectivity index (χ3v) is 2.38. The molecule has 1 aromatic rings. The number of aliphatic hydroxyl groups excluding tert-OH is 1. The maximum atomic E-state index is 11.7. The summed E-state index contributed by atoms with van der Waals surface area (Å²) in [6, 6.07) is 0. The molecule has 0 aliphatic rings. The molecule has 108 valence electrons. The Labute approximate surface area is 111 Å². The van der Waals surface area contributed by atoms with E-state index in [2.05, 4.69) is 10.3 Å². The molecule has 0 saturated carbocycles. The van der Waals surface area contributed by atoms with Crippen LogP contribution >= 0.6 is 0 Å². The van der Waals surface area contributed by atoms with Gasteiger partial charge in [0.15, 0.2) is 5.69 Å². The second-order valence-electron chi connectivity index (χ2n) is 3.71. The lowest BCUT2D eigenvalue weighted by Gasteiger charge is -2.05.